The average molecular weight is 257 g/mol. The molecule has 0 unspecified atom stereocenters. The van der Waals surface area contributed by atoms with Gasteiger partial charge in [0.2, 0.25) is 0 Å². The van der Waals surface area contributed by atoms with Gasteiger partial charge < -0.3 is 5.32 Å². The van der Waals surface area contributed by atoms with Gasteiger partial charge in [0.1, 0.15) is 0 Å². The summed E-state index contributed by atoms with van der Waals surface area (Å²) in [7, 11) is 0. The molecule has 0 saturated carbocycles. The van der Waals surface area contributed by atoms with Crippen molar-refractivity contribution in [3.05, 3.63) is 47.6 Å². The lowest BCUT2D eigenvalue weighted by molar-refractivity contribution is 0.634. The third kappa shape index (κ3) is 4.59. The minimum atomic E-state index is 0.0950. The number of hydrogen-bond donors (Lipinski definition) is 1. The fourth-order valence-electron chi connectivity index (χ4n) is 2.13. The van der Waals surface area contributed by atoms with Gasteiger partial charge in [-0.2, -0.15) is 0 Å². The Morgan fingerprint density at radius 2 is 1.68 bits per heavy atom. The van der Waals surface area contributed by atoms with E-state index in [1.807, 2.05) is 13.8 Å². The molecule has 1 nitrogen and oxygen atoms in total. The number of benzene rings is 1. The van der Waals surface area contributed by atoms with Gasteiger partial charge in [0.05, 0.1) is 0 Å². The third-order valence-electron chi connectivity index (χ3n) is 2.83. The van der Waals surface area contributed by atoms with E-state index < -0.39 is 0 Å². The Bertz CT molecular complexity index is 473. The standard InChI is InChI=1S/C16H21N.C2H6/c1-12-9-10-13(11-12)14-7-5-6-8-15(14)17-16(2,3)4;1-2/h5-9,11,17H,10H2,1-4H3;1-2H3. The molecule has 1 aliphatic carbocycles. The largest absolute Gasteiger partial charge is 0.380 e. The molecule has 0 aromatic heterocycles. The molecule has 0 fully saturated rings. The van der Waals surface area contributed by atoms with Crippen LogP contribution in [0.15, 0.2) is 42.0 Å². The highest BCUT2D eigenvalue weighted by molar-refractivity contribution is 5.80. The summed E-state index contributed by atoms with van der Waals surface area (Å²) in [4.78, 5) is 0. The predicted molar refractivity (Wildman–Crippen MR) is 87.5 cm³/mol. The van der Waals surface area contributed by atoms with Gasteiger partial charge in [-0.3, -0.25) is 0 Å². The molecule has 1 aromatic rings. The zero-order valence-electron chi connectivity index (χ0n) is 13.2. The Labute approximate surface area is 118 Å². The summed E-state index contributed by atoms with van der Waals surface area (Å²) < 4.78 is 0. The van der Waals surface area contributed by atoms with Crippen molar-refractivity contribution in [3.63, 3.8) is 0 Å². The van der Waals surface area contributed by atoms with Crippen LogP contribution >= 0.6 is 0 Å². The molecule has 2 rings (SSSR count). The van der Waals surface area contributed by atoms with Crippen LogP contribution in [0.4, 0.5) is 5.69 Å². The summed E-state index contributed by atoms with van der Waals surface area (Å²) in [5.74, 6) is 0. The molecule has 1 aliphatic rings. The van der Waals surface area contributed by atoms with Crippen molar-refractivity contribution in [3.8, 4) is 0 Å². The van der Waals surface area contributed by atoms with Crippen molar-refractivity contribution < 1.29 is 0 Å². The molecule has 0 radical (unpaired) electrons. The van der Waals surface area contributed by atoms with E-state index in [1.54, 1.807) is 0 Å². The smallest absolute Gasteiger partial charge is 0.0420 e. The summed E-state index contributed by atoms with van der Waals surface area (Å²) in [6, 6.07) is 8.56. The van der Waals surface area contributed by atoms with Gasteiger partial charge in [-0.25, -0.2) is 0 Å². The van der Waals surface area contributed by atoms with Crippen LogP contribution < -0.4 is 5.32 Å². The Kier molecular flexibility index (Phi) is 5.41. The molecule has 0 spiro atoms. The van der Waals surface area contributed by atoms with Crippen LogP contribution in [0.3, 0.4) is 0 Å². The summed E-state index contributed by atoms with van der Waals surface area (Å²) in [5.41, 5.74) is 5.43. The van der Waals surface area contributed by atoms with Crippen molar-refractivity contribution >= 4 is 11.3 Å². The van der Waals surface area contributed by atoms with E-state index >= 15 is 0 Å². The van der Waals surface area contributed by atoms with Crippen LogP contribution in [0.2, 0.25) is 0 Å². The highest BCUT2D eigenvalue weighted by atomic mass is 15.0. The molecular formula is C18H27N. The molecule has 0 saturated heterocycles. The minimum absolute atomic E-state index is 0.0950. The maximum Gasteiger partial charge on any atom is 0.0420 e. The Morgan fingerprint density at radius 1 is 1.05 bits per heavy atom. The SMILES string of the molecule is CC.CC1=CCC(c2ccccc2NC(C)(C)C)=C1. The molecule has 1 N–H and O–H groups in total. The van der Waals surface area contributed by atoms with Gasteiger partial charge in [-0.1, -0.05) is 49.8 Å². The average Bonchev–Trinajstić information content (AvgIpc) is 2.77. The van der Waals surface area contributed by atoms with Crippen LogP contribution in [0.1, 0.15) is 53.5 Å². The van der Waals surface area contributed by atoms with Gasteiger partial charge in [0, 0.05) is 16.8 Å². The maximum absolute atomic E-state index is 3.58. The van der Waals surface area contributed by atoms with Crippen LogP contribution in [-0.2, 0) is 0 Å². The highest BCUT2D eigenvalue weighted by Gasteiger charge is 2.14. The first-order valence-corrected chi connectivity index (χ1v) is 7.21. The summed E-state index contributed by atoms with van der Waals surface area (Å²) in [6.45, 7) is 12.7. The van der Waals surface area contributed by atoms with Crippen LogP contribution in [0, 0.1) is 0 Å². The summed E-state index contributed by atoms with van der Waals surface area (Å²) >= 11 is 0. The van der Waals surface area contributed by atoms with E-state index in [1.165, 1.54) is 22.4 Å². The van der Waals surface area contributed by atoms with Gasteiger partial charge in [0.25, 0.3) is 0 Å². The Balaban J connectivity index is 0.000000861. The summed E-state index contributed by atoms with van der Waals surface area (Å²) in [5, 5.41) is 3.58. The zero-order chi connectivity index (χ0) is 14.5. The number of para-hydroxylation sites is 1. The van der Waals surface area contributed by atoms with Gasteiger partial charge in [-0.05, 0) is 45.8 Å². The number of rotatable bonds is 2. The first kappa shape index (κ1) is 15.6. The number of allylic oxidation sites excluding steroid dienone is 4. The maximum atomic E-state index is 3.58. The second-order valence-corrected chi connectivity index (χ2v) is 5.74. The molecule has 0 heterocycles. The fourth-order valence-corrected chi connectivity index (χ4v) is 2.13. The molecule has 19 heavy (non-hydrogen) atoms. The van der Waals surface area contributed by atoms with Crippen LogP contribution in [0.25, 0.3) is 5.57 Å². The predicted octanol–water partition coefficient (Wildman–Crippen LogP) is 5.66. The topological polar surface area (TPSA) is 12.0 Å². The second-order valence-electron chi connectivity index (χ2n) is 5.74. The first-order valence-electron chi connectivity index (χ1n) is 7.21. The Morgan fingerprint density at radius 3 is 2.21 bits per heavy atom. The molecule has 104 valence electrons. The lowest BCUT2D eigenvalue weighted by Gasteiger charge is -2.24. The third-order valence-corrected chi connectivity index (χ3v) is 2.83. The number of nitrogens with one attached hydrogen (secondary N) is 1. The quantitative estimate of drug-likeness (QED) is 0.721. The summed E-state index contributed by atoms with van der Waals surface area (Å²) in [6.07, 6.45) is 5.61. The van der Waals surface area contributed by atoms with E-state index in [9.17, 15) is 0 Å². The normalized spacial score (nSPS) is 14.2. The number of hydrogen-bond acceptors (Lipinski definition) is 1. The molecule has 0 aliphatic heterocycles. The molecular weight excluding hydrogens is 230 g/mol. The minimum Gasteiger partial charge on any atom is -0.380 e. The van der Waals surface area contributed by atoms with Crippen molar-refractivity contribution in [1.82, 2.24) is 0 Å². The van der Waals surface area contributed by atoms with Crippen molar-refractivity contribution in [2.24, 2.45) is 0 Å². The fraction of sp³-hybridized carbons (Fsp3) is 0.444. The van der Waals surface area contributed by atoms with Gasteiger partial charge in [0.15, 0.2) is 0 Å². The van der Waals surface area contributed by atoms with E-state index in [-0.39, 0.29) is 5.54 Å². The van der Waals surface area contributed by atoms with E-state index in [4.69, 9.17) is 0 Å². The van der Waals surface area contributed by atoms with Crippen LogP contribution in [-0.4, -0.2) is 5.54 Å². The molecule has 0 bridgehead atoms. The lowest BCUT2D eigenvalue weighted by Crippen LogP contribution is -2.26. The van der Waals surface area contributed by atoms with Gasteiger partial charge >= 0.3 is 0 Å². The van der Waals surface area contributed by atoms with E-state index in [2.05, 4.69) is 69.4 Å². The van der Waals surface area contributed by atoms with Crippen LogP contribution in [0.5, 0.6) is 0 Å². The van der Waals surface area contributed by atoms with Gasteiger partial charge in [-0.15, -0.1) is 0 Å². The molecule has 1 heteroatoms. The van der Waals surface area contributed by atoms with Crippen molar-refractivity contribution in [1.29, 1.82) is 0 Å². The molecule has 1 aromatic carbocycles. The molecule has 0 amide bonds. The second kappa shape index (κ2) is 6.60. The van der Waals surface area contributed by atoms with E-state index in [0.717, 1.165) is 6.42 Å². The van der Waals surface area contributed by atoms with Crippen molar-refractivity contribution in [2.75, 3.05) is 5.32 Å². The lowest BCUT2D eigenvalue weighted by atomic mass is 10.0. The number of anilines is 1. The first-order chi connectivity index (χ1) is 8.96. The monoisotopic (exact) mass is 257 g/mol. The van der Waals surface area contributed by atoms with Crippen molar-refractivity contribution in [2.45, 2.75) is 53.5 Å². The molecule has 0 atom stereocenters. The Hall–Kier alpha value is -1.50. The van der Waals surface area contributed by atoms with E-state index in [0.29, 0.717) is 0 Å². The zero-order valence-corrected chi connectivity index (χ0v) is 13.2. The highest BCUT2D eigenvalue weighted by Crippen LogP contribution is 2.32.